The van der Waals surface area contributed by atoms with Gasteiger partial charge in [-0.2, -0.15) is 0 Å². The number of nitro benzene ring substituents is 1. The number of rotatable bonds is 3. The molecule has 106 valence electrons. The average molecular weight is 301 g/mol. The zero-order valence-corrected chi connectivity index (χ0v) is 12.0. The Bertz CT molecular complexity index is 898. The molecule has 0 atom stereocenters. The molecule has 2 heterocycles. The van der Waals surface area contributed by atoms with E-state index in [0.29, 0.717) is 27.9 Å². The van der Waals surface area contributed by atoms with Gasteiger partial charge < -0.3 is 0 Å². The summed E-state index contributed by atoms with van der Waals surface area (Å²) in [5, 5.41) is 13.2. The lowest BCUT2D eigenvalue weighted by Gasteiger charge is -2.03. The Kier molecular flexibility index (Phi) is 3.26. The summed E-state index contributed by atoms with van der Waals surface area (Å²) < 4.78 is 1.52. The van der Waals surface area contributed by atoms with Crippen molar-refractivity contribution in [2.24, 2.45) is 0 Å². The number of thiophene rings is 1. The van der Waals surface area contributed by atoms with Gasteiger partial charge in [-0.05, 0) is 12.5 Å². The number of aromatic nitrogens is 2. The van der Waals surface area contributed by atoms with Gasteiger partial charge in [-0.1, -0.05) is 12.1 Å². The van der Waals surface area contributed by atoms with Crippen LogP contribution in [0, 0.1) is 10.1 Å². The number of benzene rings is 1. The summed E-state index contributed by atoms with van der Waals surface area (Å²) >= 11 is 1.36. The van der Waals surface area contributed by atoms with Crippen molar-refractivity contribution in [3.8, 4) is 11.1 Å². The molecular formula is C14H11N3O3S. The molecule has 0 bridgehead atoms. The highest BCUT2D eigenvalue weighted by Crippen LogP contribution is 2.32. The minimum atomic E-state index is -0.444. The third-order valence-electron chi connectivity index (χ3n) is 3.27. The van der Waals surface area contributed by atoms with Crippen molar-refractivity contribution in [3.05, 3.63) is 56.4 Å². The SMILES string of the molecule is CCn1cnc2scc(-c3cccc([N+](=O)[O-])c3)c2c1=O. The van der Waals surface area contributed by atoms with Crippen molar-refractivity contribution in [2.45, 2.75) is 13.5 Å². The Labute approximate surface area is 123 Å². The van der Waals surface area contributed by atoms with Crippen molar-refractivity contribution < 1.29 is 4.92 Å². The van der Waals surface area contributed by atoms with E-state index in [1.54, 1.807) is 12.1 Å². The molecule has 0 radical (unpaired) electrons. The Morgan fingerprint density at radius 3 is 2.95 bits per heavy atom. The van der Waals surface area contributed by atoms with Gasteiger partial charge in [-0.25, -0.2) is 4.98 Å². The van der Waals surface area contributed by atoms with E-state index in [4.69, 9.17) is 0 Å². The van der Waals surface area contributed by atoms with Crippen molar-refractivity contribution in [2.75, 3.05) is 0 Å². The highest BCUT2D eigenvalue weighted by molar-refractivity contribution is 7.17. The Morgan fingerprint density at radius 2 is 2.24 bits per heavy atom. The van der Waals surface area contributed by atoms with Crippen LogP contribution in [0.4, 0.5) is 5.69 Å². The van der Waals surface area contributed by atoms with Gasteiger partial charge in [0.05, 0.1) is 16.6 Å². The number of non-ortho nitro benzene ring substituents is 1. The van der Waals surface area contributed by atoms with Crippen LogP contribution in [0.15, 0.2) is 40.8 Å². The lowest BCUT2D eigenvalue weighted by atomic mass is 10.1. The summed E-state index contributed by atoms with van der Waals surface area (Å²) in [6, 6.07) is 6.29. The maximum absolute atomic E-state index is 12.4. The van der Waals surface area contributed by atoms with Gasteiger partial charge in [-0.3, -0.25) is 19.5 Å². The van der Waals surface area contributed by atoms with E-state index in [9.17, 15) is 14.9 Å². The number of hydrogen-bond acceptors (Lipinski definition) is 5. The third kappa shape index (κ3) is 2.21. The molecule has 0 spiro atoms. The van der Waals surface area contributed by atoms with Crippen LogP contribution in [-0.4, -0.2) is 14.5 Å². The highest BCUT2D eigenvalue weighted by Gasteiger charge is 2.15. The molecule has 0 N–H and O–H groups in total. The summed E-state index contributed by atoms with van der Waals surface area (Å²) in [6.07, 6.45) is 1.53. The van der Waals surface area contributed by atoms with Crippen LogP contribution in [-0.2, 0) is 6.54 Å². The van der Waals surface area contributed by atoms with Crippen LogP contribution in [0.3, 0.4) is 0 Å². The number of nitro groups is 1. The van der Waals surface area contributed by atoms with E-state index in [0.717, 1.165) is 0 Å². The number of nitrogens with zero attached hydrogens (tertiary/aromatic N) is 3. The van der Waals surface area contributed by atoms with Crippen LogP contribution in [0.5, 0.6) is 0 Å². The molecule has 6 nitrogen and oxygen atoms in total. The van der Waals surface area contributed by atoms with Gasteiger partial charge >= 0.3 is 0 Å². The molecule has 21 heavy (non-hydrogen) atoms. The first kappa shape index (κ1) is 13.4. The average Bonchev–Trinajstić information content (AvgIpc) is 2.92. The van der Waals surface area contributed by atoms with E-state index < -0.39 is 4.92 Å². The summed E-state index contributed by atoms with van der Waals surface area (Å²) in [6.45, 7) is 2.40. The van der Waals surface area contributed by atoms with E-state index in [-0.39, 0.29) is 11.2 Å². The molecule has 0 unspecified atom stereocenters. The van der Waals surface area contributed by atoms with Crippen molar-refractivity contribution >= 4 is 27.2 Å². The fraction of sp³-hybridized carbons (Fsp3) is 0.143. The Balaban J connectivity index is 2.28. The van der Waals surface area contributed by atoms with Crippen molar-refractivity contribution in [1.82, 2.24) is 9.55 Å². The lowest BCUT2D eigenvalue weighted by Crippen LogP contribution is -2.19. The normalized spacial score (nSPS) is 10.9. The molecular weight excluding hydrogens is 290 g/mol. The number of fused-ring (bicyclic) bond motifs is 1. The monoisotopic (exact) mass is 301 g/mol. The van der Waals surface area contributed by atoms with Crippen molar-refractivity contribution in [1.29, 1.82) is 0 Å². The lowest BCUT2D eigenvalue weighted by molar-refractivity contribution is -0.384. The van der Waals surface area contributed by atoms with Crippen LogP contribution >= 0.6 is 11.3 Å². The van der Waals surface area contributed by atoms with Crippen LogP contribution < -0.4 is 5.56 Å². The van der Waals surface area contributed by atoms with Gasteiger partial charge in [0.15, 0.2) is 0 Å². The van der Waals surface area contributed by atoms with Gasteiger partial charge in [0, 0.05) is 29.6 Å². The van der Waals surface area contributed by atoms with Crippen LogP contribution in [0.2, 0.25) is 0 Å². The van der Waals surface area contributed by atoms with Gasteiger partial charge in [0.2, 0.25) is 0 Å². The topological polar surface area (TPSA) is 78.0 Å². The summed E-state index contributed by atoms with van der Waals surface area (Å²) in [5.41, 5.74) is 1.24. The second kappa shape index (κ2) is 5.10. The largest absolute Gasteiger partial charge is 0.299 e. The molecule has 3 rings (SSSR count). The third-order valence-corrected chi connectivity index (χ3v) is 4.16. The minimum Gasteiger partial charge on any atom is -0.299 e. The summed E-state index contributed by atoms with van der Waals surface area (Å²) in [4.78, 5) is 27.8. The standard InChI is InChI=1S/C14H11N3O3S/c1-2-16-8-15-13-12(14(16)18)11(7-21-13)9-4-3-5-10(6-9)17(19)20/h3-8H,2H2,1H3. The molecule has 0 saturated heterocycles. The maximum atomic E-state index is 12.4. The molecule has 7 heteroatoms. The predicted molar refractivity (Wildman–Crippen MR) is 81.6 cm³/mol. The smallest absolute Gasteiger partial charge is 0.270 e. The van der Waals surface area contributed by atoms with Crippen LogP contribution in [0.1, 0.15) is 6.92 Å². The zero-order chi connectivity index (χ0) is 15.0. The molecule has 1 aromatic carbocycles. The first-order valence-corrected chi connectivity index (χ1v) is 7.21. The quantitative estimate of drug-likeness (QED) is 0.550. The van der Waals surface area contributed by atoms with E-state index in [1.165, 1.54) is 34.4 Å². The zero-order valence-electron chi connectivity index (χ0n) is 11.1. The second-order valence-corrected chi connectivity index (χ2v) is 5.33. The molecule has 2 aromatic heterocycles. The maximum Gasteiger partial charge on any atom is 0.270 e. The van der Waals surface area contributed by atoms with Gasteiger partial charge in [0.1, 0.15) is 4.83 Å². The number of aryl methyl sites for hydroxylation is 1. The first-order chi connectivity index (χ1) is 10.1. The van der Waals surface area contributed by atoms with Crippen LogP contribution in [0.25, 0.3) is 21.3 Å². The minimum absolute atomic E-state index is 0.00607. The first-order valence-electron chi connectivity index (χ1n) is 6.33. The van der Waals surface area contributed by atoms with Crippen molar-refractivity contribution in [3.63, 3.8) is 0 Å². The van der Waals surface area contributed by atoms with E-state index in [1.807, 2.05) is 12.3 Å². The predicted octanol–water partition coefficient (Wildman–Crippen LogP) is 3.05. The molecule has 3 aromatic rings. The summed E-state index contributed by atoms with van der Waals surface area (Å²) in [7, 11) is 0. The fourth-order valence-electron chi connectivity index (χ4n) is 2.19. The molecule has 0 aliphatic carbocycles. The number of hydrogen-bond donors (Lipinski definition) is 0. The van der Waals surface area contributed by atoms with E-state index in [2.05, 4.69) is 4.98 Å². The molecule has 0 aliphatic rings. The van der Waals surface area contributed by atoms with E-state index >= 15 is 0 Å². The Hall–Kier alpha value is -2.54. The second-order valence-electron chi connectivity index (χ2n) is 4.47. The van der Waals surface area contributed by atoms with Gasteiger partial charge in [-0.15, -0.1) is 11.3 Å². The fourth-order valence-corrected chi connectivity index (χ4v) is 3.10. The Morgan fingerprint density at radius 1 is 1.43 bits per heavy atom. The molecule has 0 saturated carbocycles. The van der Waals surface area contributed by atoms with Gasteiger partial charge in [0.25, 0.3) is 11.2 Å². The highest BCUT2D eigenvalue weighted by atomic mass is 32.1. The molecule has 0 fully saturated rings. The molecule has 0 amide bonds. The summed E-state index contributed by atoms with van der Waals surface area (Å²) in [5.74, 6) is 0. The molecule has 0 aliphatic heterocycles.